The highest BCUT2D eigenvalue weighted by atomic mass is 35.5. The molecule has 0 fully saturated rings. The third-order valence-electron chi connectivity index (χ3n) is 2.98. The van der Waals surface area contributed by atoms with Crippen molar-refractivity contribution in [3.8, 4) is 16.9 Å². The Kier molecular flexibility index (Phi) is 3.50. The molecule has 20 heavy (non-hydrogen) atoms. The highest BCUT2D eigenvalue weighted by Crippen LogP contribution is 2.24. The SMILES string of the molecule is NCc1cc(-c2cccnc2)n(-c2cccc(Cl)c2)n1. The van der Waals surface area contributed by atoms with Crippen LogP contribution in [0.3, 0.4) is 0 Å². The van der Waals surface area contributed by atoms with Crippen molar-refractivity contribution < 1.29 is 0 Å². The first-order chi connectivity index (χ1) is 9.78. The fourth-order valence-corrected chi connectivity index (χ4v) is 2.24. The molecule has 0 saturated carbocycles. The molecule has 3 aromatic rings. The smallest absolute Gasteiger partial charge is 0.0771 e. The van der Waals surface area contributed by atoms with E-state index in [0.717, 1.165) is 22.6 Å². The number of hydrogen-bond acceptors (Lipinski definition) is 3. The number of nitrogens with two attached hydrogens (primary N) is 1. The molecule has 0 unspecified atom stereocenters. The maximum absolute atomic E-state index is 6.06. The van der Waals surface area contributed by atoms with Crippen molar-refractivity contribution >= 4 is 11.6 Å². The maximum atomic E-state index is 6.06. The van der Waals surface area contributed by atoms with Gasteiger partial charge in [-0.2, -0.15) is 5.10 Å². The Morgan fingerprint density at radius 2 is 2.05 bits per heavy atom. The maximum Gasteiger partial charge on any atom is 0.0771 e. The Morgan fingerprint density at radius 3 is 2.75 bits per heavy atom. The molecule has 0 saturated heterocycles. The van der Waals surface area contributed by atoms with Crippen LogP contribution in [0.4, 0.5) is 0 Å². The lowest BCUT2D eigenvalue weighted by Gasteiger charge is -2.07. The van der Waals surface area contributed by atoms with Gasteiger partial charge in [0.15, 0.2) is 0 Å². The predicted octanol–water partition coefficient (Wildman–Crippen LogP) is 3.05. The Morgan fingerprint density at radius 1 is 1.15 bits per heavy atom. The summed E-state index contributed by atoms with van der Waals surface area (Å²) in [7, 11) is 0. The molecular formula is C15H13ClN4. The van der Waals surface area contributed by atoms with Crippen molar-refractivity contribution in [2.24, 2.45) is 5.73 Å². The summed E-state index contributed by atoms with van der Waals surface area (Å²) in [5.41, 5.74) is 9.35. The Hall–Kier alpha value is -2.17. The zero-order valence-electron chi connectivity index (χ0n) is 10.7. The fraction of sp³-hybridized carbons (Fsp3) is 0.0667. The molecule has 0 amide bonds. The van der Waals surface area contributed by atoms with Crippen LogP contribution in [-0.2, 0) is 6.54 Å². The summed E-state index contributed by atoms with van der Waals surface area (Å²) in [5, 5.41) is 5.19. The minimum Gasteiger partial charge on any atom is -0.325 e. The molecule has 0 aliphatic carbocycles. The van der Waals surface area contributed by atoms with E-state index in [1.54, 1.807) is 12.4 Å². The van der Waals surface area contributed by atoms with E-state index in [4.69, 9.17) is 17.3 Å². The monoisotopic (exact) mass is 284 g/mol. The number of aromatic nitrogens is 3. The molecule has 2 heterocycles. The number of benzene rings is 1. The standard InChI is InChI=1S/C15H13ClN4/c16-12-4-1-5-14(7-12)20-15(8-13(9-17)19-20)11-3-2-6-18-10-11/h1-8,10H,9,17H2. The number of pyridine rings is 1. The summed E-state index contributed by atoms with van der Waals surface area (Å²) < 4.78 is 1.84. The average molecular weight is 285 g/mol. The number of hydrogen-bond donors (Lipinski definition) is 1. The molecule has 5 heteroatoms. The van der Waals surface area contributed by atoms with E-state index in [9.17, 15) is 0 Å². The Balaban J connectivity index is 2.18. The molecule has 0 radical (unpaired) electrons. The van der Waals surface area contributed by atoms with Crippen LogP contribution in [0.5, 0.6) is 0 Å². The molecule has 1 aromatic carbocycles. The molecular weight excluding hydrogens is 272 g/mol. The normalized spacial score (nSPS) is 10.7. The zero-order valence-corrected chi connectivity index (χ0v) is 11.5. The Bertz CT molecular complexity index is 722. The second-order valence-electron chi connectivity index (χ2n) is 4.36. The quantitative estimate of drug-likeness (QED) is 0.804. The van der Waals surface area contributed by atoms with E-state index >= 15 is 0 Å². The van der Waals surface area contributed by atoms with Gasteiger partial charge in [-0.15, -0.1) is 0 Å². The third kappa shape index (κ3) is 2.43. The highest BCUT2D eigenvalue weighted by Gasteiger charge is 2.11. The topological polar surface area (TPSA) is 56.7 Å². The number of halogens is 1. The second kappa shape index (κ2) is 5.45. The lowest BCUT2D eigenvalue weighted by Crippen LogP contribution is -2.01. The summed E-state index contributed by atoms with van der Waals surface area (Å²) in [6.07, 6.45) is 3.55. The molecule has 100 valence electrons. The average Bonchev–Trinajstić information content (AvgIpc) is 2.92. The zero-order chi connectivity index (χ0) is 13.9. The molecule has 0 aliphatic heterocycles. The van der Waals surface area contributed by atoms with Crippen molar-refractivity contribution in [1.82, 2.24) is 14.8 Å². The molecule has 0 atom stereocenters. The van der Waals surface area contributed by atoms with Crippen molar-refractivity contribution in [3.05, 3.63) is 65.6 Å². The first-order valence-electron chi connectivity index (χ1n) is 6.23. The van der Waals surface area contributed by atoms with E-state index in [0.29, 0.717) is 11.6 Å². The van der Waals surface area contributed by atoms with E-state index in [-0.39, 0.29) is 0 Å². The molecule has 0 spiro atoms. The van der Waals surface area contributed by atoms with E-state index in [2.05, 4.69) is 10.1 Å². The minimum atomic E-state index is 0.390. The first-order valence-corrected chi connectivity index (χ1v) is 6.61. The summed E-state index contributed by atoms with van der Waals surface area (Å²) in [6, 6.07) is 13.4. The van der Waals surface area contributed by atoms with Gasteiger partial charge in [-0.1, -0.05) is 17.7 Å². The molecule has 2 aromatic heterocycles. The summed E-state index contributed by atoms with van der Waals surface area (Å²) >= 11 is 6.06. The molecule has 0 bridgehead atoms. The van der Waals surface area contributed by atoms with Gasteiger partial charge in [-0.3, -0.25) is 4.98 Å². The molecule has 0 aliphatic rings. The van der Waals surface area contributed by atoms with Crippen LogP contribution in [0.2, 0.25) is 5.02 Å². The van der Waals surface area contributed by atoms with Crippen molar-refractivity contribution in [2.75, 3.05) is 0 Å². The van der Waals surface area contributed by atoms with Crippen molar-refractivity contribution in [2.45, 2.75) is 6.54 Å². The van der Waals surface area contributed by atoms with E-state index in [1.165, 1.54) is 0 Å². The largest absolute Gasteiger partial charge is 0.325 e. The molecule has 2 N–H and O–H groups in total. The van der Waals surface area contributed by atoms with Crippen LogP contribution >= 0.6 is 11.6 Å². The van der Waals surface area contributed by atoms with Crippen LogP contribution < -0.4 is 5.73 Å². The van der Waals surface area contributed by atoms with Gasteiger partial charge in [0.05, 0.1) is 17.1 Å². The van der Waals surface area contributed by atoms with Gasteiger partial charge in [0.1, 0.15) is 0 Å². The lowest BCUT2D eigenvalue weighted by atomic mass is 10.2. The lowest BCUT2D eigenvalue weighted by molar-refractivity contribution is 0.838. The van der Waals surface area contributed by atoms with Gasteiger partial charge in [0, 0.05) is 29.5 Å². The van der Waals surface area contributed by atoms with Crippen LogP contribution in [0.25, 0.3) is 16.9 Å². The predicted molar refractivity (Wildman–Crippen MR) is 79.7 cm³/mol. The van der Waals surface area contributed by atoms with E-state index < -0.39 is 0 Å². The van der Waals surface area contributed by atoms with Gasteiger partial charge in [-0.25, -0.2) is 4.68 Å². The van der Waals surface area contributed by atoms with E-state index in [1.807, 2.05) is 47.1 Å². The van der Waals surface area contributed by atoms with Crippen LogP contribution in [0, 0.1) is 0 Å². The fourth-order valence-electron chi connectivity index (χ4n) is 2.05. The summed E-state index contributed by atoms with van der Waals surface area (Å²) in [6.45, 7) is 0.390. The summed E-state index contributed by atoms with van der Waals surface area (Å²) in [4.78, 5) is 4.15. The van der Waals surface area contributed by atoms with Gasteiger partial charge < -0.3 is 5.73 Å². The molecule has 4 nitrogen and oxygen atoms in total. The second-order valence-corrected chi connectivity index (χ2v) is 4.79. The van der Waals surface area contributed by atoms with Gasteiger partial charge in [0.25, 0.3) is 0 Å². The highest BCUT2D eigenvalue weighted by molar-refractivity contribution is 6.30. The summed E-state index contributed by atoms with van der Waals surface area (Å²) in [5.74, 6) is 0. The molecule has 3 rings (SSSR count). The number of rotatable bonds is 3. The Labute approximate surface area is 121 Å². The van der Waals surface area contributed by atoms with Gasteiger partial charge >= 0.3 is 0 Å². The van der Waals surface area contributed by atoms with Crippen molar-refractivity contribution in [3.63, 3.8) is 0 Å². The third-order valence-corrected chi connectivity index (χ3v) is 3.21. The first kappa shape index (κ1) is 12.8. The van der Waals surface area contributed by atoms with Gasteiger partial charge in [0.2, 0.25) is 0 Å². The van der Waals surface area contributed by atoms with Crippen LogP contribution in [0.1, 0.15) is 5.69 Å². The minimum absolute atomic E-state index is 0.390. The van der Waals surface area contributed by atoms with Crippen molar-refractivity contribution in [1.29, 1.82) is 0 Å². The number of nitrogens with zero attached hydrogens (tertiary/aromatic N) is 3. The van der Waals surface area contributed by atoms with Gasteiger partial charge in [-0.05, 0) is 36.4 Å². The van der Waals surface area contributed by atoms with Crippen LogP contribution in [0.15, 0.2) is 54.9 Å². The van der Waals surface area contributed by atoms with Crippen LogP contribution in [-0.4, -0.2) is 14.8 Å².